The van der Waals surface area contributed by atoms with Gasteiger partial charge in [0, 0.05) is 13.7 Å². The molecule has 1 fully saturated rings. The lowest BCUT2D eigenvalue weighted by atomic mass is 9.94. The molecule has 0 unspecified atom stereocenters. The highest BCUT2D eigenvalue weighted by Gasteiger charge is 2.51. The fraction of sp³-hybridized carbons (Fsp3) is 0.310. The number of hydrogen-bond donors (Lipinski definition) is 2. The predicted octanol–water partition coefficient (Wildman–Crippen LogP) is 5.94. The zero-order valence-electron chi connectivity index (χ0n) is 20.7. The molecular formula is C29H32N2O5. The minimum absolute atomic E-state index is 0. The van der Waals surface area contributed by atoms with Crippen LogP contribution in [-0.2, 0) is 21.5 Å². The fourth-order valence-corrected chi connectivity index (χ4v) is 4.46. The van der Waals surface area contributed by atoms with Crippen molar-refractivity contribution in [2.45, 2.75) is 51.7 Å². The first-order valence-corrected chi connectivity index (χ1v) is 12.2. The average Bonchev–Trinajstić information content (AvgIpc) is 3.54. The molecule has 0 saturated heterocycles. The van der Waals surface area contributed by atoms with E-state index in [1.54, 1.807) is 0 Å². The SMILES string of the molecule is Cc1ccc(NC(=O)C2(c3ccc4c(c3)OCO4)CC2)cc1-c1ccc(CNC(=O)OC(C)C)cc1.[HH]. The van der Waals surface area contributed by atoms with Crippen LogP contribution in [0.5, 0.6) is 11.5 Å². The molecule has 5 rings (SSSR count). The van der Waals surface area contributed by atoms with Gasteiger partial charge < -0.3 is 24.8 Å². The van der Waals surface area contributed by atoms with Gasteiger partial charge in [0.2, 0.25) is 12.7 Å². The fourth-order valence-electron chi connectivity index (χ4n) is 4.46. The molecule has 0 spiro atoms. The summed E-state index contributed by atoms with van der Waals surface area (Å²) in [5.74, 6) is 1.40. The van der Waals surface area contributed by atoms with Gasteiger partial charge in [-0.2, -0.15) is 0 Å². The summed E-state index contributed by atoms with van der Waals surface area (Å²) in [5, 5.41) is 5.89. The van der Waals surface area contributed by atoms with E-state index in [1.165, 1.54) is 0 Å². The molecule has 2 aliphatic rings. The molecule has 2 N–H and O–H groups in total. The van der Waals surface area contributed by atoms with Gasteiger partial charge in [0.25, 0.3) is 0 Å². The summed E-state index contributed by atoms with van der Waals surface area (Å²) in [6.07, 6.45) is 1.02. The quantitative estimate of drug-likeness (QED) is 0.430. The molecule has 1 heterocycles. The maximum atomic E-state index is 13.3. The minimum Gasteiger partial charge on any atom is -0.454 e. The van der Waals surface area contributed by atoms with Crippen LogP contribution in [0.1, 0.15) is 44.8 Å². The van der Waals surface area contributed by atoms with Crippen LogP contribution in [0.4, 0.5) is 10.5 Å². The second-order valence-electron chi connectivity index (χ2n) is 9.64. The van der Waals surface area contributed by atoms with E-state index >= 15 is 0 Å². The number of carbonyl (C=O) groups is 2. The molecule has 3 aromatic rings. The summed E-state index contributed by atoms with van der Waals surface area (Å²) in [6.45, 7) is 6.28. The van der Waals surface area contributed by atoms with Crippen LogP contribution in [0.2, 0.25) is 0 Å². The van der Waals surface area contributed by atoms with Crippen molar-refractivity contribution >= 4 is 17.7 Å². The second kappa shape index (κ2) is 9.57. The number of carbonyl (C=O) groups excluding carboxylic acids is 2. The van der Waals surface area contributed by atoms with E-state index in [9.17, 15) is 9.59 Å². The Kier molecular flexibility index (Phi) is 6.31. The van der Waals surface area contributed by atoms with Crippen molar-refractivity contribution in [3.05, 3.63) is 77.4 Å². The molecular weight excluding hydrogens is 456 g/mol. The summed E-state index contributed by atoms with van der Waals surface area (Å²) in [6, 6.07) is 19.7. The number of ether oxygens (including phenoxy) is 3. The topological polar surface area (TPSA) is 85.9 Å². The standard InChI is InChI=1S/C29H30N2O5.H2/c1-18(2)36-28(33)30-16-20-5-7-21(8-6-20)24-15-23(10-4-19(24)3)31-27(32)29(12-13-29)22-9-11-25-26(14-22)35-17-34-25;/h4-11,14-15,18H,12-13,16-17H2,1-3H3,(H,30,33)(H,31,32);1H. The van der Waals surface area contributed by atoms with Gasteiger partial charge in [-0.15, -0.1) is 0 Å². The van der Waals surface area contributed by atoms with E-state index in [1.807, 2.05) is 81.4 Å². The zero-order valence-corrected chi connectivity index (χ0v) is 20.7. The van der Waals surface area contributed by atoms with Gasteiger partial charge in [0.1, 0.15) is 0 Å². The normalized spacial score (nSPS) is 14.9. The van der Waals surface area contributed by atoms with Gasteiger partial charge in [-0.05, 0) is 85.7 Å². The third-order valence-corrected chi connectivity index (χ3v) is 6.65. The van der Waals surface area contributed by atoms with Gasteiger partial charge in [0.05, 0.1) is 11.5 Å². The number of rotatable bonds is 7. The molecule has 1 aliphatic heterocycles. The number of benzene rings is 3. The molecule has 3 aromatic carbocycles. The van der Waals surface area contributed by atoms with Crippen LogP contribution >= 0.6 is 0 Å². The summed E-state index contributed by atoms with van der Waals surface area (Å²) in [4.78, 5) is 25.1. The number of alkyl carbamates (subject to hydrolysis) is 1. The van der Waals surface area contributed by atoms with Crippen molar-refractivity contribution in [1.29, 1.82) is 0 Å². The van der Waals surface area contributed by atoms with Gasteiger partial charge >= 0.3 is 6.09 Å². The molecule has 0 atom stereocenters. The molecule has 2 amide bonds. The van der Waals surface area contributed by atoms with E-state index in [-0.39, 0.29) is 20.2 Å². The highest BCUT2D eigenvalue weighted by molar-refractivity contribution is 6.02. The van der Waals surface area contributed by atoms with Crippen molar-refractivity contribution in [2.75, 3.05) is 12.1 Å². The number of fused-ring (bicyclic) bond motifs is 1. The molecule has 0 radical (unpaired) electrons. The van der Waals surface area contributed by atoms with Crippen molar-refractivity contribution < 1.29 is 25.2 Å². The highest BCUT2D eigenvalue weighted by Crippen LogP contribution is 2.51. The Morgan fingerprint density at radius 1 is 1.00 bits per heavy atom. The highest BCUT2D eigenvalue weighted by atomic mass is 16.7. The molecule has 0 bridgehead atoms. The Hall–Kier alpha value is -4.00. The average molecular weight is 489 g/mol. The lowest BCUT2D eigenvalue weighted by molar-refractivity contribution is -0.118. The number of hydrogen-bond acceptors (Lipinski definition) is 5. The largest absolute Gasteiger partial charge is 0.454 e. The van der Waals surface area contributed by atoms with Crippen LogP contribution in [0.25, 0.3) is 11.1 Å². The molecule has 188 valence electrons. The van der Waals surface area contributed by atoms with Gasteiger partial charge in [-0.1, -0.05) is 36.4 Å². The summed E-state index contributed by atoms with van der Waals surface area (Å²) in [5.41, 5.74) is 5.34. The van der Waals surface area contributed by atoms with Crippen LogP contribution in [0.3, 0.4) is 0 Å². The first kappa shape index (κ1) is 23.7. The van der Waals surface area contributed by atoms with Crippen molar-refractivity contribution in [3.63, 3.8) is 0 Å². The molecule has 1 aliphatic carbocycles. The monoisotopic (exact) mass is 488 g/mol. The van der Waals surface area contributed by atoms with E-state index in [4.69, 9.17) is 14.2 Å². The second-order valence-corrected chi connectivity index (χ2v) is 9.64. The van der Waals surface area contributed by atoms with E-state index in [0.29, 0.717) is 12.3 Å². The molecule has 0 aromatic heterocycles. The maximum absolute atomic E-state index is 13.3. The van der Waals surface area contributed by atoms with Crippen molar-refractivity contribution in [1.82, 2.24) is 5.32 Å². The Morgan fingerprint density at radius 3 is 2.47 bits per heavy atom. The number of anilines is 1. The Morgan fingerprint density at radius 2 is 1.75 bits per heavy atom. The van der Waals surface area contributed by atoms with Crippen LogP contribution in [0.15, 0.2) is 60.7 Å². The first-order chi connectivity index (χ1) is 17.3. The van der Waals surface area contributed by atoms with E-state index in [2.05, 4.69) is 10.6 Å². The number of aryl methyl sites for hydroxylation is 1. The number of amides is 2. The molecule has 7 heteroatoms. The van der Waals surface area contributed by atoms with Crippen LogP contribution in [-0.4, -0.2) is 24.9 Å². The first-order valence-electron chi connectivity index (χ1n) is 12.2. The van der Waals surface area contributed by atoms with Crippen molar-refractivity contribution in [2.24, 2.45) is 0 Å². The Labute approximate surface area is 212 Å². The molecule has 36 heavy (non-hydrogen) atoms. The molecule has 7 nitrogen and oxygen atoms in total. The Balaban J connectivity index is 0.00000320. The van der Waals surface area contributed by atoms with Gasteiger partial charge in [-0.25, -0.2) is 4.79 Å². The number of nitrogens with one attached hydrogen (secondary N) is 2. The summed E-state index contributed by atoms with van der Waals surface area (Å²) >= 11 is 0. The predicted molar refractivity (Wildman–Crippen MR) is 139 cm³/mol. The van der Waals surface area contributed by atoms with E-state index < -0.39 is 11.5 Å². The van der Waals surface area contributed by atoms with Crippen molar-refractivity contribution in [3.8, 4) is 22.6 Å². The third kappa shape index (κ3) is 4.87. The maximum Gasteiger partial charge on any atom is 0.407 e. The van der Waals surface area contributed by atoms with Gasteiger partial charge in [0.15, 0.2) is 11.5 Å². The lowest BCUT2D eigenvalue weighted by Crippen LogP contribution is -2.27. The zero-order chi connectivity index (χ0) is 25.3. The van der Waals surface area contributed by atoms with Crippen LogP contribution in [0, 0.1) is 6.92 Å². The Bertz CT molecular complexity index is 1300. The molecule has 1 saturated carbocycles. The summed E-state index contributed by atoms with van der Waals surface area (Å²) < 4.78 is 16.0. The smallest absolute Gasteiger partial charge is 0.407 e. The minimum atomic E-state index is -0.530. The van der Waals surface area contributed by atoms with Crippen LogP contribution < -0.4 is 20.1 Å². The lowest BCUT2D eigenvalue weighted by Gasteiger charge is -2.17. The van der Waals surface area contributed by atoms with E-state index in [0.717, 1.165) is 52.1 Å². The summed E-state index contributed by atoms with van der Waals surface area (Å²) in [7, 11) is 0. The third-order valence-electron chi connectivity index (χ3n) is 6.65. The van der Waals surface area contributed by atoms with Gasteiger partial charge in [-0.3, -0.25) is 4.79 Å².